The number of rotatable bonds is 6. The van der Waals surface area contributed by atoms with E-state index in [-0.39, 0.29) is 5.41 Å². The Morgan fingerprint density at radius 1 is 0.677 bits per heavy atom. The molecule has 0 heterocycles. The first kappa shape index (κ1) is 21.0. The number of allylic oxidation sites excluding steroid dienone is 3. The van der Waals surface area contributed by atoms with Crippen LogP contribution in [0.4, 0.5) is 0 Å². The van der Waals surface area contributed by atoms with E-state index >= 15 is 0 Å². The molecule has 0 aromatic heterocycles. The lowest BCUT2D eigenvalue weighted by Crippen LogP contribution is -2.28. The van der Waals surface area contributed by atoms with Gasteiger partial charge in [-0.25, -0.2) is 0 Å². The lowest BCUT2D eigenvalue weighted by atomic mass is 9.71. The summed E-state index contributed by atoms with van der Waals surface area (Å²) in [5, 5.41) is 0. The van der Waals surface area contributed by atoms with Crippen LogP contribution >= 0.6 is 0 Å². The van der Waals surface area contributed by atoms with Gasteiger partial charge in [-0.2, -0.15) is 0 Å². The molecule has 3 aromatic carbocycles. The average Bonchev–Trinajstić information content (AvgIpc) is 2.78. The van der Waals surface area contributed by atoms with Crippen molar-refractivity contribution in [2.75, 3.05) is 0 Å². The third-order valence-electron chi connectivity index (χ3n) is 6.10. The van der Waals surface area contributed by atoms with Crippen molar-refractivity contribution in [2.45, 2.75) is 39.5 Å². The van der Waals surface area contributed by atoms with Crippen molar-refractivity contribution in [2.24, 2.45) is 5.92 Å². The summed E-state index contributed by atoms with van der Waals surface area (Å²) in [6.07, 6.45) is 7.53. The molecule has 0 saturated heterocycles. The summed E-state index contributed by atoms with van der Waals surface area (Å²) < 4.78 is 12.0. The predicted molar refractivity (Wildman–Crippen MR) is 128 cm³/mol. The highest BCUT2D eigenvalue weighted by molar-refractivity contribution is 5.38. The Morgan fingerprint density at radius 3 is 1.65 bits per heavy atom. The largest absolute Gasteiger partial charge is 0.458 e. The molecule has 3 aromatic rings. The van der Waals surface area contributed by atoms with E-state index in [0.717, 1.165) is 29.4 Å². The molecule has 0 saturated carbocycles. The van der Waals surface area contributed by atoms with Crippen LogP contribution in [0.5, 0.6) is 17.2 Å². The van der Waals surface area contributed by atoms with Gasteiger partial charge in [0.05, 0.1) is 0 Å². The Kier molecular flexibility index (Phi) is 5.99. The van der Waals surface area contributed by atoms with E-state index in [1.165, 1.54) is 16.7 Å². The maximum absolute atomic E-state index is 6.01. The van der Waals surface area contributed by atoms with Gasteiger partial charge >= 0.3 is 0 Å². The molecule has 2 heteroatoms. The van der Waals surface area contributed by atoms with E-state index in [9.17, 15) is 0 Å². The van der Waals surface area contributed by atoms with Crippen LogP contribution in [-0.4, -0.2) is 0 Å². The fourth-order valence-electron chi connectivity index (χ4n) is 3.86. The molecular weight excluding hydrogens is 380 g/mol. The fourth-order valence-corrected chi connectivity index (χ4v) is 3.86. The van der Waals surface area contributed by atoms with Crippen LogP contribution in [0.15, 0.2) is 96.8 Å². The molecule has 158 valence electrons. The van der Waals surface area contributed by atoms with Crippen LogP contribution in [0, 0.1) is 19.8 Å². The van der Waals surface area contributed by atoms with E-state index in [2.05, 4.69) is 94.5 Å². The van der Waals surface area contributed by atoms with E-state index in [1.54, 1.807) is 0 Å². The van der Waals surface area contributed by atoms with Crippen LogP contribution < -0.4 is 9.47 Å². The summed E-state index contributed by atoms with van der Waals surface area (Å²) in [5.74, 6) is 3.91. The van der Waals surface area contributed by atoms with Crippen molar-refractivity contribution >= 4 is 0 Å². The third-order valence-corrected chi connectivity index (χ3v) is 6.10. The van der Waals surface area contributed by atoms with E-state index in [0.29, 0.717) is 5.92 Å². The molecule has 0 radical (unpaired) electrons. The smallest absolute Gasteiger partial charge is 0.127 e. The SMILES string of the molecule is Cc1ccc(OC2=CCC(C(C)(C)c3ccc(Oc4ccc(C)cc4)cc3)C=C2)cc1. The first-order valence-electron chi connectivity index (χ1n) is 10.9. The molecule has 2 nitrogen and oxygen atoms in total. The molecule has 1 unspecified atom stereocenters. The molecule has 0 N–H and O–H groups in total. The Labute approximate surface area is 185 Å². The molecular formula is C29H30O2. The summed E-state index contributed by atoms with van der Waals surface area (Å²) in [6, 6.07) is 24.8. The van der Waals surface area contributed by atoms with Gasteiger partial charge in [-0.15, -0.1) is 0 Å². The van der Waals surface area contributed by atoms with Crippen molar-refractivity contribution in [1.82, 2.24) is 0 Å². The molecule has 1 atom stereocenters. The van der Waals surface area contributed by atoms with Crippen LogP contribution in [-0.2, 0) is 5.41 Å². The average molecular weight is 411 g/mol. The molecule has 4 rings (SSSR count). The minimum Gasteiger partial charge on any atom is -0.458 e. The monoisotopic (exact) mass is 410 g/mol. The van der Waals surface area contributed by atoms with E-state index in [4.69, 9.17) is 9.47 Å². The van der Waals surface area contributed by atoms with E-state index < -0.39 is 0 Å². The lowest BCUT2D eigenvalue weighted by molar-refractivity contribution is 0.366. The highest BCUT2D eigenvalue weighted by Crippen LogP contribution is 2.38. The number of benzene rings is 3. The van der Waals surface area contributed by atoms with E-state index in [1.807, 2.05) is 24.3 Å². The molecule has 1 aliphatic carbocycles. The Bertz CT molecular complexity index is 1070. The Morgan fingerprint density at radius 2 is 1.16 bits per heavy atom. The van der Waals surface area contributed by atoms with Crippen LogP contribution in [0.25, 0.3) is 0 Å². The van der Waals surface area contributed by atoms with Gasteiger partial charge < -0.3 is 9.47 Å². The van der Waals surface area contributed by atoms with Crippen LogP contribution in [0.2, 0.25) is 0 Å². The van der Waals surface area contributed by atoms with Gasteiger partial charge in [-0.3, -0.25) is 0 Å². The first-order valence-corrected chi connectivity index (χ1v) is 10.9. The summed E-state index contributed by atoms with van der Waals surface area (Å²) in [4.78, 5) is 0. The van der Waals surface area contributed by atoms with Gasteiger partial charge in [-0.1, -0.05) is 67.4 Å². The van der Waals surface area contributed by atoms with Gasteiger partial charge in [0.2, 0.25) is 0 Å². The maximum Gasteiger partial charge on any atom is 0.127 e. The molecule has 0 spiro atoms. The molecule has 0 bridgehead atoms. The summed E-state index contributed by atoms with van der Waals surface area (Å²) >= 11 is 0. The first-order chi connectivity index (χ1) is 14.9. The second-order valence-electron chi connectivity index (χ2n) is 8.88. The normalized spacial score (nSPS) is 16.0. The Balaban J connectivity index is 1.40. The van der Waals surface area contributed by atoms with Gasteiger partial charge in [0.15, 0.2) is 0 Å². The number of hydrogen-bond acceptors (Lipinski definition) is 2. The lowest BCUT2D eigenvalue weighted by Gasteiger charge is -2.34. The standard InChI is InChI=1S/C29H30O2/c1-21-5-13-25(14-6-21)30-27-17-9-23(10-18-27)29(3,4)24-11-19-28(20-12-24)31-26-15-7-22(2)8-16-26/h5-11,13-20,24H,12H2,1-4H3. The molecule has 0 aliphatic heterocycles. The topological polar surface area (TPSA) is 18.5 Å². The number of aryl methyl sites for hydroxylation is 2. The molecule has 31 heavy (non-hydrogen) atoms. The van der Waals surface area contributed by atoms with Gasteiger partial charge in [-0.05, 0) is 85.7 Å². The van der Waals surface area contributed by atoms with Gasteiger partial charge in [0, 0.05) is 0 Å². The highest BCUT2D eigenvalue weighted by atomic mass is 16.5. The summed E-state index contributed by atoms with van der Waals surface area (Å²) in [7, 11) is 0. The van der Waals surface area contributed by atoms with Crippen LogP contribution in [0.3, 0.4) is 0 Å². The fraction of sp³-hybridized carbons (Fsp3) is 0.241. The zero-order valence-corrected chi connectivity index (χ0v) is 18.8. The highest BCUT2D eigenvalue weighted by Gasteiger charge is 2.30. The van der Waals surface area contributed by atoms with Crippen molar-refractivity contribution in [3.05, 3.63) is 113 Å². The van der Waals surface area contributed by atoms with Crippen molar-refractivity contribution in [3.8, 4) is 17.2 Å². The van der Waals surface area contributed by atoms with Crippen LogP contribution in [0.1, 0.15) is 37.0 Å². The molecule has 0 fully saturated rings. The van der Waals surface area contributed by atoms with Gasteiger partial charge in [0.25, 0.3) is 0 Å². The number of ether oxygens (including phenoxy) is 2. The minimum atomic E-state index is 0.00474. The second-order valence-corrected chi connectivity index (χ2v) is 8.88. The third kappa shape index (κ3) is 5.08. The summed E-state index contributed by atoms with van der Waals surface area (Å²) in [6.45, 7) is 8.76. The quantitative estimate of drug-likeness (QED) is 0.411. The van der Waals surface area contributed by atoms with Crippen molar-refractivity contribution < 1.29 is 9.47 Å². The Hall–Kier alpha value is -3.26. The summed E-state index contributed by atoms with van der Waals surface area (Å²) in [5.41, 5.74) is 3.77. The number of hydrogen-bond donors (Lipinski definition) is 0. The molecule has 0 amide bonds. The molecule has 1 aliphatic rings. The predicted octanol–water partition coefficient (Wildman–Crippen LogP) is 7.91. The van der Waals surface area contributed by atoms with Crippen molar-refractivity contribution in [1.29, 1.82) is 0 Å². The zero-order chi connectivity index (χ0) is 21.8. The maximum atomic E-state index is 6.01. The zero-order valence-electron chi connectivity index (χ0n) is 18.8. The van der Waals surface area contributed by atoms with Crippen molar-refractivity contribution in [3.63, 3.8) is 0 Å². The van der Waals surface area contributed by atoms with Gasteiger partial charge in [0.1, 0.15) is 23.0 Å². The minimum absolute atomic E-state index is 0.00474. The second kappa shape index (κ2) is 8.85.